The van der Waals surface area contributed by atoms with Crippen molar-refractivity contribution in [3.05, 3.63) is 48.0 Å². The number of rotatable bonds is 3. The molecule has 0 radical (unpaired) electrons. The lowest BCUT2D eigenvalue weighted by Crippen LogP contribution is -2.12. The van der Waals surface area contributed by atoms with Crippen LogP contribution in [0.25, 0.3) is 0 Å². The van der Waals surface area contributed by atoms with Crippen LogP contribution < -0.4 is 0 Å². The molecule has 0 amide bonds. The molecular weight excluding hydrogens is 258 g/mol. The molecule has 0 aliphatic heterocycles. The fourth-order valence-electron chi connectivity index (χ4n) is 1.86. The van der Waals surface area contributed by atoms with Gasteiger partial charge in [-0.3, -0.25) is 4.21 Å². The van der Waals surface area contributed by atoms with Crippen LogP contribution in [0, 0.1) is 0 Å². The van der Waals surface area contributed by atoms with Crippen molar-refractivity contribution in [3.63, 3.8) is 0 Å². The Morgan fingerprint density at radius 1 is 1.37 bits per heavy atom. The number of aromatic nitrogens is 1. The summed E-state index contributed by atoms with van der Waals surface area (Å²) < 4.78 is 17.4. The summed E-state index contributed by atoms with van der Waals surface area (Å²) in [6.45, 7) is 6.47. The summed E-state index contributed by atoms with van der Waals surface area (Å²) in [7, 11) is -2.44. The van der Waals surface area contributed by atoms with Crippen LogP contribution in [0.3, 0.4) is 0 Å². The van der Waals surface area contributed by atoms with Crippen molar-refractivity contribution in [2.45, 2.75) is 37.0 Å². The Labute approximate surface area is 114 Å². The monoisotopic (exact) mass is 277 g/mol. The van der Waals surface area contributed by atoms with E-state index < -0.39 is 9.52 Å². The number of nitrogens with zero attached hydrogens (tertiary/aromatic N) is 1. The first-order chi connectivity index (χ1) is 8.79. The summed E-state index contributed by atoms with van der Waals surface area (Å²) in [6.07, 6.45) is 2.69. The zero-order valence-corrected chi connectivity index (χ0v) is 12.4. The SMILES string of the molecule is C=S(=O)(Cc1cccc(C(C)(C)C)c1)c1cocn1. The maximum Gasteiger partial charge on any atom is 0.181 e. The molecule has 2 rings (SSSR count). The molecule has 102 valence electrons. The highest BCUT2D eigenvalue weighted by atomic mass is 32.2. The quantitative estimate of drug-likeness (QED) is 0.809. The molecule has 0 aliphatic carbocycles. The Morgan fingerprint density at radius 2 is 2.11 bits per heavy atom. The van der Waals surface area contributed by atoms with Gasteiger partial charge in [0.1, 0.15) is 6.26 Å². The first-order valence-corrected chi connectivity index (χ1v) is 8.01. The van der Waals surface area contributed by atoms with E-state index >= 15 is 0 Å². The Morgan fingerprint density at radius 3 is 2.68 bits per heavy atom. The third-order valence-corrected chi connectivity index (χ3v) is 4.75. The van der Waals surface area contributed by atoms with Crippen LogP contribution >= 0.6 is 0 Å². The highest BCUT2D eigenvalue weighted by molar-refractivity contribution is 7.99. The Balaban J connectivity index is 2.30. The van der Waals surface area contributed by atoms with E-state index in [1.807, 2.05) is 12.1 Å². The third-order valence-electron chi connectivity index (χ3n) is 2.98. The highest BCUT2D eigenvalue weighted by Crippen LogP contribution is 2.24. The molecular formula is C15H19NO2S. The second kappa shape index (κ2) is 4.85. The number of hydrogen-bond acceptors (Lipinski definition) is 3. The Bertz CT molecular complexity index is 650. The second-order valence-electron chi connectivity index (χ2n) is 5.73. The fourth-order valence-corrected chi connectivity index (χ4v) is 3.19. The van der Waals surface area contributed by atoms with Crippen LogP contribution in [0.4, 0.5) is 0 Å². The third kappa shape index (κ3) is 3.26. The summed E-state index contributed by atoms with van der Waals surface area (Å²) in [5.41, 5.74) is 2.31. The van der Waals surface area contributed by atoms with Crippen molar-refractivity contribution in [1.29, 1.82) is 0 Å². The Hall–Kier alpha value is -1.55. The molecule has 0 spiro atoms. The number of oxazole rings is 1. The van der Waals surface area contributed by atoms with Crippen molar-refractivity contribution < 1.29 is 8.63 Å². The van der Waals surface area contributed by atoms with E-state index in [4.69, 9.17) is 4.42 Å². The topological polar surface area (TPSA) is 43.1 Å². The molecule has 19 heavy (non-hydrogen) atoms. The van der Waals surface area contributed by atoms with E-state index in [9.17, 15) is 4.21 Å². The average molecular weight is 277 g/mol. The first kappa shape index (κ1) is 13.9. The zero-order valence-electron chi connectivity index (χ0n) is 11.6. The van der Waals surface area contributed by atoms with Crippen LogP contribution in [0.5, 0.6) is 0 Å². The summed E-state index contributed by atoms with van der Waals surface area (Å²) in [6, 6.07) is 8.14. The minimum absolute atomic E-state index is 0.0753. The van der Waals surface area contributed by atoms with Gasteiger partial charge in [-0.25, -0.2) is 4.98 Å². The predicted molar refractivity (Wildman–Crippen MR) is 78.9 cm³/mol. The molecule has 1 aromatic heterocycles. The predicted octanol–water partition coefficient (Wildman–Crippen LogP) is 3.25. The van der Waals surface area contributed by atoms with Gasteiger partial charge < -0.3 is 4.42 Å². The van der Waals surface area contributed by atoms with E-state index in [0.29, 0.717) is 10.8 Å². The number of benzene rings is 1. The van der Waals surface area contributed by atoms with Crippen molar-refractivity contribution in [2.75, 3.05) is 0 Å². The maximum absolute atomic E-state index is 12.5. The van der Waals surface area contributed by atoms with Crippen molar-refractivity contribution in [1.82, 2.24) is 4.98 Å². The van der Waals surface area contributed by atoms with Crippen LogP contribution in [0.2, 0.25) is 0 Å². The Kier molecular flexibility index (Phi) is 3.54. The smallest absolute Gasteiger partial charge is 0.181 e. The molecule has 1 atom stereocenters. The van der Waals surface area contributed by atoms with Gasteiger partial charge in [-0.2, -0.15) is 0 Å². The molecule has 1 unspecified atom stereocenters. The lowest BCUT2D eigenvalue weighted by Gasteiger charge is -2.20. The molecule has 1 heterocycles. The average Bonchev–Trinajstić information content (AvgIpc) is 2.81. The molecule has 0 N–H and O–H groups in total. The fraction of sp³-hybridized carbons (Fsp3) is 0.333. The van der Waals surface area contributed by atoms with Crippen LogP contribution in [0.1, 0.15) is 31.9 Å². The normalized spacial score (nSPS) is 15.1. The maximum atomic E-state index is 12.5. The van der Waals surface area contributed by atoms with Crippen molar-refractivity contribution in [2.24, 2.45) is 0 Å². The zero-order chi connectivity index (χ0) is 14.1. The highest BCUT2D eigenvalue weighted by Gasteiger charge is 2.16. The van der Waals surface area contributed by atoms with E-state index in [1.165, 1.54) is 18.2 Å². The van der Waals surface area contributed by atoms with Gasteiger partial charge in [-0.05, 0) is 22.4 Å². The molecule has 1 aromatic carbocycles. The molecule has 0 aliphatic rings. The number of hydrogen-bond donors (Lipinski definition) is 0. The van der Waals surface area contributed by atoms with Crippen molar-refractivity contribution in [3.8, 4) is 0 Å². The second-order valence-corrected chi connectivity index (χ2v) is 8.06. The van der Waals surface area contributed by atoms with Gasteiger partial charge in [0.15, 0.2) is 11.4 Å². The van der Waals surface area contributed by atoms with Gasteiger partial charge >= 0.3 is 0 Å². The standard InChI is InChI=1S/C15H19NO2S/c1-15(2,3)13-7-5-6-12(8-13)10-19(4,17)14-9-18-11-16-14/h5-9,11H,4,10H2,1-3H3. The molecule has 0 saturated carbocycles. The summed E-state index contributed by atoms with van der Waals surface area (Å²) >= 11 is 0. The lowest BCUT2D eigenvalue weighted by molar-refractivity contribution is 0.554. The first-order valence-electron chi connectivity index (χ1n) is 6.11. The summed E-state index contributed by atoms with van der Waals surface area (Å²) in [5, 5.41) is 0.425. The van der Waals surface area contributed by atoms with Crippen molar-refractivity contribution >= 4 is 15.4 Å². The van der Waals surface area contributed by atoms with E-state index in [2.05, 4.69) is 43.8 Å². The van der Waals surface area contributed by atoms with Gasteiger partial charge in [0.25, 0.3) is 0 Å². The minimum atomic E-state index is -2.44. The van der Waals surface area contributed by atoms with Gasteiger partial charge in [-0.1, -0.05) is 45.0 Å². The van der Waals surface area contributed by atoms with Crippen LogP contribution in [0.15, 0.2) is 46.4 Å². The molecule has 3 nitrogen and oxygen atoms in total. The van der Waals surface area contributed by atoms with Crippen LogP contribution in [-0.2, 0) is 20.7 Å². The minimum Gasteiger partial charge on any atom is -0.450 e. The van der Waals surface area contributed by atoms with Crippen LogP contribution in [-0.4, -0.2) is 15.1 Å². The van der Waals surface area contributed by atoms with E-state index in [1.54, 1.807) is 0 Å². The summed E-state index contributed by atoms with van der Waals surface area (Å²) in [5.74, 6) is 4.18. The van der Waals surface area contributed by atoms with E-state index in [0.717, 1.165) is 5.56 Å². The molecule has 4 heteroatoms. The van der Waals surface area contributed by atoms with Gasteiger partial charge in [0.2, 0.25) is 0 Å². The molecule has 0 fully saturated rings. The summed E-state index contributed by atoms with van der Waals surface area (Å²) in [4.78, 5) is 3.95. The van der Waals surface area contributed by atoms with E-state index in [-0.39, 0.29) is 5.41 Å². The molecule has 2 aromatic rings. The lowest BCUT2D eigenvalue weighted by atomic mass is 9.86. The van der Waals surface area contributed by atoms with Gasteiger partial charge in [0, 0.05) is 15.3 Å². The largest absolute Gasteiger partial charge is 0.450 e. The van der Waals surface area contributed by atoms with Gasteiger partial charge in [0.05, 0.1) is 0 Å². The van der Waals surface area contributed by atoms with Gasteiger partial charge in [-0.15, -0.1) is 0 Å². The molecule has 0 bridgehead atoms. The molecule has 0 saturated heterocycles.